The Morgan fingerprint density at radius 1 is 1.32 bits per heavy atom. The first-order valence-electron chi connectivity index (χ1n) is 8.41. The van der Waals surface area contributed by atoms with Crippen LogP contribution in [0.4, 0.5) is 5.69 Å². The second kappa shape index (κ2) is 6.12. The summed E-state index contributed by atoms with van der Waals surface area (Å²) in [6.07, 6.45) is 4.56. The van der Waals surface area contributed by atoms with Gasteiger partial charge in [0.05, 0.1) is 24.6 Å². The molecule has 0 unspecified atom stereocenters. The standard InChI is InChI=1S/C17H22N4O3S/c1-20-10-16(18-13-20)25(22,23)21-8-7-17(12-21)9-15(11-24-17)19-14-5-3-2-4-6-14/h2-6,10,13,15,19H,7-9,11-12H2,1H3/t15-,17+/m0/s1. The van der Waals surface area contributed by atoms with Crippen molar-refractivity contribution in [2.24, 2.45) is 7.05 Å². The minimum Gasteiger partial charge on any atom is -0.380 e. The molecule has 1 spiro atoms. The predicted octanol–water partition coefficient (Wildman–Crippen LogP) is 1.45. The first kappa shape index (κ1) is 16.6. The van der Waals surface area contributed by atoms with Gasteiger partial charge in [0.1, 0.15) is 0 Å². The van der Waals surface area contributed by atoms with E-state index in [1.54, 1.807) is 11.6 Å². The van der Waals surface area contributed by atoms with Gasteiger partial charge in [0, 0.05) is 38.4 Å². The Balaban J connectivity index is 1.44. The third kappa shape index (κ3) is 3.17. The number of ether oxygens (including phenoxy) is 1. The molecule has 2 fully saturated rings. The third-order valence-corrected chi connectivity index (χ3v) is 6.65. The number of anilines is 1. The van der Waals surface area contributed by atoms with Crippen LogP contribution < -0.4 is 5.32 Å². The quantitative estimate of drug-likeness (QED) is 0.891. The highest BCUT2D eigenvalue weighted by Crippen LogP contribution is 2.38. The molecule has 0 saturated carbocycles. The van der Waals surface area contributed by atoms with Crippen molar-refractivity contribution in [3.8, 4) is 0 Å². The van der Waals surface area contributed by atoms with Crippen molar-refractivity contribution in [2.75, 3.05) is 25.0 Å². The van der Waals surface area contributed by atoms with Gasteiger partial charge in [0.15, 0.2) is 5.03 Å². The van der Waals surface area contributed by atoms with Gasteiger partial charge in [-0.3, -0.25) is 0 Å². The summed E-state index contributed by atoms with van der Waals surface area (Å²) in [5, 5.41) is 3.57. The Bertz CT molecular complexity index is 852. The van der Waals surface area contributed by atoms with Crippen molar-refractivity contribution < 1.29 is 13.2 Å². The fourth-order valence-electron chi connectivity index (χ4n) is 3.66. The molecule has 25 heavy (non-hydrogen) atoms. The van der Waals surface area contributed by atoms with E-state index in [2.05, 4.69) is 10.3 Å². The normalized spacial score (nSPS) is 27.2. The van der Waals surface area contributed by atoms with Gasteiger partial charge in [-0.1, -0.05) is 18.2 Å². The van der Waals surface area contributed by atoms with Gasteiger partial charge in [0.2, 0.25) is 0 Å². The van der Waals surface area contributed by atoms with Crippen molar-refractivity contribution in [1.29, 1.82) is 0 Å². The maximum Gasteiger partial charge on any atom is 0.262 e. The number of rotatable bonds is 4. The number of imidazole rings is 1. The highest BCUT2D eigenvalue weighted by atomic mass is 32.2. The molecule has 0 aliphatic carbocycles. The number of aryl methyl sites for hydroxylation is 1. The fraction of sp³-hybridized carbons (Fsp3) is 0.471. The van der Waals surface area contributed by atoms with Gasteiger partial charge in [-0.25, -0.2) is 13.4 Å². The summed E-state index contributed by atoms with van der Waals surface area (Å²) in [5.74, 6) is 0. The number of sulfonamides is 1. The SMILES string of the molecule is Cn1cnc(S(=O)(=O)N2CC[C@@]3(C[C@H](Nc4ccccc4)CO3)C2)c1. The van der Waals surface area contributed by atoms with E-state index >= 15 is 0 Å². The Morgan fingerprint density at radius 2 is 2.12 bits per heavy atom. The summed E-state index contributed by atoms with van der Waals surface area (Å²) in [7, 11) is -1.80. The average Bonchev–Trinajstić information content (AvgIpc) is 3.31. The molecule has 2 saturated heterocycles. The van der Waals surface area contributed by atoms with Crippen molar-refractivity contribution >= 4 is 15.7 Å². The van der Waals surface area contributed by atoms with Crippen molar-refractivity contribution in [2.45, 2.75) is 29.5 Å². The van der Waals surface area contributed by atoms with Gasteiger partial charge >= 0.3 is 0 Å². The molecule has 4 rings (SSSR count). The van der Waals surface area contributed by atoms with Crippen LogP contribution in [0.3, 0.4) is 0 Å². The van der Waals surface area contributed by atoms with Crippen LogP contribution in [-0.4, -0.2) is 53.6 Å². The van der Waals surface area contributed by atoms with Gasteiger partial charge in [-0.2, -0.15) is 4.31 Å². The number of hydrogen-bond donors (Lipinski definition) is 1. The summed E-state index contributed by atoms with van der Waals surface area (Å²) in [6, 6.07) is 10.2. The Morgan fingerprint density at radius 3 is 2.84 bits per heavy atom. The molecule has 3 heterocycles. The molecular formula is C17H22N4O3S. The second-order valence-electron chi connectivity index (χ2n) is 6.87. The van der Waals surface area contributed by atoms with Crippen LogP contribution >= 0.6 is 0 Å². The molecule has 1 aromatic heterocycles. The largest absolute Gasteiger partial charge is 0.380 e. The Kier molecular flexibility index (Phi) is 4.05. The molecule has 134 valence electrons. The van der Waals surface area contributed by atoms with E-state index in [0.29, 0.717) is 26.1 Å². The van der Waals surface area contributed by atoms with Gasteiger partial charge < -0.3 is 14.6 Å². The summed E-state index contributed by atoms with van der Waals surface area (Å²) in [6.45, 7) is 1.45. The molecule has 0 amide bonds. The monoisotopic (exact) mass is 362 g/mol. The highest BCUT2D eigenvalue weighted by Gasteiger charge is 2.49. The smallest absolute Gasteiger partial charge is 0.262 e. The lowest BCUT2D eigenvalue weighted by molar-refractivity contribution is 0.0173. The molecule has 1 aromatic carbocycles. The van der Waals surface area contributed by atoms with Gasteiger partial charge in [-0.05, 0) is 18.6 Å². The fourth-order valence-corrected chi connectivity index (χ4v) is 5.14. The van der Waals surface area contributed by atoms with Crippen LogP contribution in [-0.2, 0) is 21.8 Å². The lowest BCUT2D eigenvalue weighted by Gasteiger charge is -2.23. The first-order chi connectivity index (χ1) is 12.0. The van der Waals surface area contributed by atoms with E-state index in [9.17, 15) is 8.42 Å². The van der Waals surface area contributed by atoms with Crippen LogP contribution in [0.15, 0.2) is 47.9 Å². The van der Waals surface area contributed by atoms with Gasteiger partial charge in [-0.15, -0.1) is 0 Å². The van der Waals surface area contributed by atoms with Crippen molar-refractivity contribution in [1.82, 2.24) is 13.9 Å². The van der Waals surface area contributed by atoms with Crippen LogP contribution in [0.5, 0.6) is 0 Å². The van der Waals surface area contributed by atoms with Crippen molar-refractivity contribution in [3.05, 3.63) is 42.9 Å². The van der Waals surface area contributed by atoms with E-state index in [-0.39, 0.29) is 11.1 Å². The molecule has 8 heteroatoms. The summed E-state index contributed by atoms with van der Waals surface area (Å²) in [5.41, 5.74) is 0.665. The zero-order valence-corrected chi connectivity index (χ0v) is 14.9. The zero-order valence-electron chi connectivity index (χ0n) is 14.1. The van der Waals surface area contributed by atoms with Gasteiger partial charge in [0.25, 0.3) is 10.0 Å². The molecule has 0 bridgehead atoms. The minimum absolute atomic E-state index is 0.101. The molecule has 0 radical (unpaired) electrons. The number of hydrogen-bond acceptors (Lipinski definition) is 5. The number of benzene rings is 1. The Hall–Kier alpha value is -1.90. The maximum absolute atomic E-state index is 12.7. The van der Waals surface area contributed by atoms with E-state index in [4.69, 9.17) is 4.74 Å². The minimum atomic E-state index is -3.56. The lowest BCUT2D eigenvalue weighted by atomic mass is 9.97. The molecule has 2 atom stereocenters. The van der Waals surface area contributed by atoms with E-state index < -0.39 is 15.6 Å². The second-order valence-corrected chi connectivity index (χ2v) is 8.76. The first-order valence-corrected chi connectivity index (χ1v) is 9.85. The predicted molar refractivity (Wildman–Crippen MR) is 93.7 cm³/mol. The molecule has 1 N–H and O–H groups in total. The molecule has 2 aliphatic heterocycles. The Labute approximate surface area is 147 Å². The average molecular weight is 362 g/mol. The third-order valence-electron chi connectivity index (χ3n) is 4.92. The highest BCUT2D eigenvalue weighted by molar-refractivity contribution is 7.89. The number of nitrogens with one attached hydrogen (secondary N) is 1. The van der Waals surface area contributed by atoms with E-state index in [1.165, 1.54) is 16.8 Å². The van der Waals surface area contributed by atoms with Crippen LogP contribution in [0.1, 0.15) is 12.8 Å². The van der Waals surface area contributed by atoms with E-state index in [0.717, 1.165) is 12.1 Å². The maximum atomic E-state index is 12.7. The molecular weight excluding hydrogens is 340 g/mol. The van der Waals surface area contributed by atoms with Crippen LogP contribution in [0.2, 0.25) is 0 Å². The summed E-state index contributed by atoms with van der Waals surface area (Å²) < 4.78 is 34.7. The molecule has 7 nitrogen and oxygen atoms in total. The molecule has 2 aromatic rings. The molecule has 2 aliphatic rings. The zero-order chi connectivity index (χ0) is 17.5. The van der Waals surface area contributed by atoms with E-state index in [1.807, 2.05) is 30.3 Å². The summed E-state index contributed by atoms with van der Waals surface area (Å²) >= 11 is 0. The number of nitrogens with zero attached hydrogens (tertiary/aromatic N) is 3. The summed E-state index contributed by atoms with van der Waals surface area (Å²) in [4.78, 5) is 4.00. The number of para-hydroxylation sites is 1. The van der Waals surface area contributed by atoms with Crippen LogP contribution in [0.25, 0.3) is 0 Å². The number of aromatic nitrogens is 2. The topological polar surface area (TPSA) is 76.5 Å². The lowest BCUT2D eigenvalue weighted by Crippen LogP contribution is -2.36. The van der Waals surface area contributed by atoms with Crippen molar-refractivity contribution in [3.63, 3.8) is 0 Å². The van der Waals surface area contributed by atoms with Crippen LogP contribution in [0, 0.1) is 0 Å².